The van der Waals surface area contributed by atoms with E-state index in [1.54, 1.807) is 12.1 Å². The molecule has 0 spiro atoms. The molecule has 174 valence electrons. The van der Waals surface area contributed by atoms with Gasteiger partial charge in [-0.15, -0.1) is 0 Å². The minimum atomic E-state index is -0.293. The van der Waals surface area contributed by atoms with Gasteiger partial charge in [-0.3, -0.25) is 4.79 Å². The van der Waals surface area contributed by atoms with E-state index in [2.05, 4.69) is 22.0 Å². The van der Waals surface area contributed by atoms with Crippen molar-refractivity contribution in [2.24, 2.45) is 0 Å². The van der Waals surface area contributed by atoms with Crippen molar-refractivity contribution in [3.63, 3.8) is 0 Å². The van der Waals surface area contributed by atoms with Gasteiger partial charge in [0, 0.05) is 6.54 Å². The van der Waals surface area contributed by atoms with Crippen LogP contribution in [0.4, 0.5) is 4.39 Å². The van der Waals surface area contributed by atoms with Crippen LogP contribution >= 0.6 is 0 Å². The summed E-state index contributed by atoms with van der Waals surface area (Å²) in [5.74, 6) is 0.440. The van der Waals surface area contributed by atoms with Crippen molar-refractivity contribution in [3.05, 3.63) is 126 Å². The van der Waals surface area contributed by atoms with Gasteiger partial charge >= 0.3 is 0 Å². The molecule has 1 heterocycles. The van der Waals surface area contributed by atoms with Gasteiger partial charge in [-0.1, -0.05) is 78.9 Å². The second-order valence-corrected chi connectivity index (χ2v) is 8.70. The van der Waals surface area contributed by atoms with Crippen LogP contribution in [0.15, 0.2) is 103 Å². The lowest BCUT2D eigenvalue weighted by molar-refractivity contribution is -0.121. The number of carbonyl (C=O) groups is 1. The highest BCUT2D eigenvalue weighted by Gasteiger charge is 2.19. The first-order valence-electron chi connectivity index (χ1n) is 11.7. The van der Waals surface area contributed by atoms with Crippen molar-refractivity contribution in [1.82, 2.24) is 14.9 Å². The van der Waals surface area contributed by atoms with Crippen LogP contribution < -0.4 is 5.32 Å². The number of aromatic nitrogens is 2. The Hall–Kier alpha value is -4.25. The normalized spacial score (nSPS) is 11.9. The standard InChI is InChI=1S/C30H26FN3O/c1-21(32-29(35)19-22-11-15-25(16-12-22)24-7-3-2-4-8-24)30-33-27-9-5-6-10-28(27)34(30)20-23-13-17-26(31)18-14-23/h2-18,21H,19-20H2,1H3,(H,32,35). The fraction of sp³-hybridized carbons (Fsp3) is 0.133. The minimum absolute atomic E-state index is 0.0645. The van der Waals surface area contributed by atoms with Crippen molar-refractivity contribution >= 4 is 16.9 Å². The third-order valence-corrected chi connectivity index (χ3v) is 6.13. The molecule has 0 saturated heterocycles. The van der Waals surface area contributed by atoms with E-state index in [0.29, 0.717) is 6.54 Å². The molecule has 0 aliphatic heterocycles. The molecule has 5 aromatic rings. The number of nitrogens with one attached hydrogen (secondary N) is 1. The number of carbonyl (C=O) groups excluding carboxylic acids is 1. The van der Waals surface area contributed by atoms with Crippen molar-refractivity contribution < 1.29 is 9.18 Å². The van der Waals surface area contributed by atoms with E-state index in [9.17, 15) is 9.18 Å². The summed E-state index contributed by atoms with van der Waals surface area (Å²) >= 11 is 0. The maximum atomic E-state index is 13.4. The lowest BCUT2D eigenvalue weighted by Crippen LogP contribution is -2.30. The lowest BCUT2D eigenvalue weighted by atomic mass is 10.0. The molecule has 0 fully saturated rings. The highest BCUT2D eigenvalue weighted by Crippen LogP contribution is 2.23. The predicted molar refractivity (Wildman–Crippen MR) is 137 cm³/mol. The number of amides is 1. The largest absolute Gasteiger partial charge is 0.346 e. The van der Waals surface area contributed by atoms with Gasteiger partial charge in [0.25, 0.3) is 0 Å². The minimum Gasteiger partial charge on any atom is -0.346 e. The van der Waals surface area contributed by atoms with Gasteiger partial charge in [0.1, 0.15) is 11.6 Å². The Morgan fingerprint density at radius 2 is 1.46 bits per heavy atom. The van der Waals surface area contributed by atoms with E-state index in [1.807, 2.05) is 73.7 Å². The van der Waals surface area contributed by atoms with E-state index in [-0.39, 0.29) is 24.2 Å². The van der Waals surface area contributed by atoms with Crippen molar-refractivity contribution in [3.8, 4) is 11.1 Å². The van der Waals surface area contributed by atoms with Gasteiger partial charge in [0.05, 0.1) is 23.5 Å². The highest BCUT2D eigenvalue weighted by molar-refractivity contribution is 5.80. The molecule has 1 N–H and O–H groups in total. The van der Waals surface area contributed by atoms with Crippen LogP contribution in [0.3, 0.4) is 0 Å². The molecule has 0 radical (unpaired) electrons. The third-order valence-electron chi connectivity index (χ3n) is 6.13. The van der Waals surface area contributed by atoms with Gasteiger partial charge in [-0.25, -0.2) is 9.37 Å². The zero-order valence-corrected chi connectivity index (χ0v) is 19.5. The SMILES string of the molecule is CC(NC(=O)Cc1ccc(-c2ccccc2)cc1)c1nc2ccccc2n1Cc1ccc(F)cc1. The number of hydrogen-bond acceptors (Lipinski definition) is 2. The van der Waals surface area contributed by atoms with E-state index >= 15 is 0 Å². The van der Waals surface area contributed by atoms with Crippen LogP contribution in [0.5, 0.6) is 0 Å². The molecule has 0 saturated carbocycles. The number of imidazole rings is 1. The average molecular weight is 464 g/mol. The number of fused-ring (bicyclic) bond motifs is 1. The summed E-state index contributed by atoms with van der Waals surface area (Å²) < 4.78 is 15.5. The van der Waals surface area contributed by atoms with Crippen molar-refractivity contribution in [2.75, 3.05) is 0 Å². The number of nitrogens with zero attached hydrogens (tertiary/aromatic N) is 2. The Kier molecular flexibility index (Phi) is 6.40. The zero-order valence-electron chi connectivity index (χ0n) is 19.5. The van der Waals surface area contributed by atoms with Crippen molar-refractivity contribution in [2.45, 2.75) is 25.9 Å². The average Bonchev–Trinajstić information content (AvgIpc) is 3.25. The van der Waals surface area contributed by atoms with Gasteiger partial charge in [-0.05, 0) is 53.4 Å². The lowest BCUT2D eigenvalue weighted by Gasteiger charge is -2.17. The summed E-state index contributed by atoms with van der Waals surface area (Å²) in [4.78, 5) is 17.7. The number of halogens is 1. The Balaban J connectivity index is 1.32. The van der Waals surface area contributed by atoms with Crippen LogP contribution in [-0.2, 0) is 17.8 Å². The summed E-state index contributed by atoms with van der Waals surface area (Å²) in [5, 5.41) is 3.10. The smallest absolute Gasteiger partial charge is 0.224 e. The Bertz CT molecular complexity index is 1440. The molecule has 5 rings (SSSR count). The predicted octanol–water partition coefficient (Wildman–Crippen LogP) is 6.31. The van der Waals surface area contributed by atoms with Crippen LogP contribution in [0.2, 0.25) is 0 Å². The Labute approximate surface area is 204 Å². The maximum Gasteiger partial charge on any atom is 0.224 e. The quantitative estimate of drug-likeness (QED) is 0.307. The number of benzene rings is 4. The molecule has 1 unspecified atom stereocenters. The molecule has 4 aromatic carbocycles. The Morgan fingerprint density at radius 3 is 2.20 bits per heavy atom. The summed E-state index contributed by atoms with van der Waals surface area (Å²) in [6.45, 7) is 2.48. The van der Waals surface area contributed by atoms with E-state index < -0.39 is 0 Å². The fourth-order valence-electron chi connectivity index (χ4n) is 4.35. The number of hydrogen-bond donors (Lipinski definition) is 1. The van der Waals surface area contributed by atoms with Crippen LogP contribution in [0.1, 0.15) is 29.9 Å². The number of para-hydroxylation sites is 2. The molecular weight excluding hydrogens is 437 g/mol. The van der Waals surface area contributed by atoms with Crippen LogP contribution in [-0.4, -0.2) is 15.5 Å². The molecule has 1 atom stereocenters. The van der Waals surface area contributed by atoms with E-state index in [1.165, 1.54) is 12.1 Å². The Morgan fingerprint density at radius 1 is 0.829 bits per heavy atom. The van der Waals surface area contributed by atoms with E-state index in [4.69, 9.17) is 4.98 Å². The van der Waals surface area contributed by atoms with E-state index in [0.717, 1.165) is 39.1 Å². The first-order chi connectivity index (χ1) is 17.1. The van der Waals surface area contributed by atoms with Gasteiger partial charge in [0.15, 0.2) is 0 Å². The zero-order chi connectivity index (χ0) is 24.2. The second kappa shape index (κ2) is 9.94. The summed E-state index contributed by atoms with van der Waals surface area (Å²) in [5.41, 5.74) is 6.03. The monoisotopic (exact) mass is 463 g/mol. The van der Waals surface area contributed by atoms with Gasteiger partial charge < -0.3 is 9.88 Å². The summed E-state index contributed by atoms with van der Waals surface area (Å²) in [7, 11) is 0. The fourth-order valence-corrected chi connectivity index (χ4v) is 4.35. The molecular formula is C30H26FN3O. The number of rotatable bonds is 7. The molecule has 5 heteroatoms. The van der Waals surface area contributed by atoms with Crippen LogP contribution in [0.25, 0.3) is 22.2 Å². The van der Waals surface area contributed by atoms with Gasteiger partial charge in [0.2, 0.25) is 5.91 Å². The highest BCUT2D eigenvalue weighted by atomic mass is 19.1. The molecule has 35 heavy (non-hydrogen) atoms. The second-order valence-electron chi connectivity index (χ2n) is 8.70. The molecule has 1 amide bonds. The molecule has 1 aromatic heterocycles. The third kappa shape index (κ3) is 5.14. The first-order valence-corrected chi connectivity index (χ1v) is 11.7. The molecule has 0 aliphatic rings. The molecule has 0 aliphatic carbocycles. The molecule has 4 nitrogen and oxygen atoms in total. The maximum absolute atomic E-state index is 13.4. The van der Waals surface area contributed by atoms with Crippen LogP contribution in [0, 0.1) is 5.82 Å². The van der Waals surface area contributed by atoms with Crippen molar-refractivity contribution in [1.29, 1.82) is 0 Å². The van der Waals surface area contributed by atoms with Gasteiger partial charge in [-0.2, -0.15) is 0 Å². The first kappa shape index (κ1) is 22.5. The molecule has 0 bridgehead atoms. The summed E-state index contributed by atoms with van der Waals surface area (Å²) in [6, 6.07) is 32.3. The topological polar surface area (TPSA) is 46.9 Å². The summed E-state index contributed by atoms with van der Waals surface area (Å²) in [6.07, 6.45) is 0.289.